The summed E-state index contributed by atoms with van der Waals surface area (Å²) >= 11 is 0. The number of ether oxygens (including phenoxy) is 1. The molecule has 108 valence electrons. The molecular formula is C15H19FN2O2. The van der Waals surface area contributed by atoms with Crippen LogP contribution in [0.5, 0.6) is 0 Å². The summed E-state index contributed by atoms with van der Waals surface area (Å²) < 4.78 is 18.5. The van der Waals surface area contributed by atoms with Crippen molar-refractivity contribution in [3.63, 3.8) is 0 Å². The van der Waals surface area contributed by atoms with Crippen LogP contribution < -0.4 is 5.32 Å². The van der Waals surface area contributed by atoms with E-state index in [0.717, 1.165) is 37.9 Å². The molecule has 0 aromatic heterocycles. The van der Waals surface area contributed by atoms with Crippen LogP contribution in [0.25, 0.3) is 0 Å². The third-order valence-electron chi connectivity index (χ3n) is 4.07. The minimum atomic E-state index is -0.333. The number of carbonyl (C=O) groups is 1. The van der Waals surface area contributed by atoms with E-state index in [1.165, 1.54) is 12.1 Å². The van der Waals surface area contributed by atoms with Gasteiger partial charge in [0.1, 0.15) is 11.4 Å². The topological polar surface area (TPSA) is 41.6 Å². The molecule has 1 amide bonds. The molecule has 20 heavy (non-hydrogen) atoms. The first-order valence-corrected chi connectivity index (χ1v) is 7.10. The van der Waals surface area contributed by atoms with Crippen molar-refractivity contribution in [2.75, 3.05) is 19.6 Å². The number of hydrogen-bond acceptors (Lipinski definition) is 3. The van der Waals surface area contributed by atoms with Crippen molar-refractivity contribution in [3.05, 3.63) is 35.6 Å². The van der Waals surface area contributed by atoms with Crippen molar-refractivity contribution < 1.29 is 13.9 Å². The average Bonchev–Trinajstić information content (AvgIpc) is 2.61. The normalized spacial score (nSPS) is 26.6. The van der Waals surface area contributed by atoms with Crippen molar-refractivity contribution in [3.8, 4) is 0 Å². The van der Waals surface area contributed by atoms with Crippen molar-refractivity contribution in [2.24, 2.45) is 0 Å². The van der Waals surface area contributed by atoms with Gasteiger partial charge in [-0.1, -0.05) is 12.1 Å². The molecule has 0 radical (unpaired) electrons. The minimum Gasteiger partial charge on any atom is -0.441 e. The van der Waals surface area contributed by atoms with Crippen LogP contribution in [0, 0.1) is 5.82 Å². The third-order valence-corrected chi connectivity index (χ3v) is 4.07. The van der Waals surface area contributed by atoms with E-state index in [1.54, 1.807) is 17.0 Å². The zero-order valence-corrected chi connectivity index (χ0v) is 11.4. The van der Waals surface area contributed by atoms with Gasteiger partial charge in [0.05, 0.1) is 6.54 Å². The van der Waals surface area contributed by atoms with Gasteiger partial charge in [0, 0.05) is 13.0 Å². The first kappa shape index (κ1) is 13.4. The number of carbonyl (C=O) groups excluding carboxylic acids is 1. The zero-order chi connectivity index (χ0) is 14.0. The van der Waals surface area contributed by atoms with E-state index in [9.17, 15) is 9.18 Å². The van der Waals surface area contributed by atoms with E-state index < -0.39 is 0 Å². The van der Waals surface area contributed by atoms with E-state index in [0.29, 0.717) is 13.1 Å². The number of nitrogens with one attached hydrogen (secondary N) is 1. The molecule has 1 spiro atoms. The van der Waals surface area contributed by atoms with Gasteiger partial charge in [0.15, 0.2) is 0 Å². The van der Waals surface area contributed by atoms with Gasteiger partial charge in [-0.2, -0.15) is 0 Å². The Hall–Kier alpha value is -1.62. The molecule has 1 atom stereocenters. The number of halogens is 1. The Morgan fingerprint density at radius 2 is 2.05 bits per heavy atom. The van der Waals surface area contributed by atoms with Crippen LogP contribution in [-0.4, -0.2) is 36.2 Å². The van der Waals surface area contributed by atoms with Gasteiger partial charge in [-0.25, -0.2) is 9.18 Å². The molecule has 0 saturated carbocycles. The molecule has 2 saturated heterocycles. The predicted octanol–water partition coefficient (Wildman–Crippen LogP) is 2.29. The Morgan fingerprint density at radius 1 is 1.25 bits per heavy atom. The number of amides is 1. The van der Waals surface area contributed by atoms with E-state index in [1.807, 2.05) is 0 Å². The Labute approximate surface area is 117 Å². The van der Waals surface area contributed by atoms with Crippen LogP contribution in [-0.2, 0) is 11.3 Å². The highest BCUT2D eigenvalue weighted by atomic mass is 19.1. The molecule has 3 rings (SSSR count). The van der Waals surface area contributed by atoms with Gasteiger partial charge in [-0.05, 0) is 43.6 Å². The maximum atomic E-state index is 12.9. The summed E-state index contributed by atoms with van der Waals surface area (Å²) in [5, 5.41) is 3.33. The van der Waals surface area contributed by atoms with Gasteiger partial charge >= 0.3 is 6.09 Å². The molecule has 2 aliphatic rings. The highest BCUT2D eigenvalue weighted by Crippen LogP contribution is 2.32. The number of benzene rings is 1. The Bertz CT molecular complexity index is 481. The van der Waals surface area contributed by atoms with E-state index in [4.69, 9.17) is 4.74 Å². The predicted molar refractivity (Wildman–Crippen MR) is 72.7 cm³/mol. The Morgan fingerprint density at radius 3 is 2.85 bits per heavy atom. The quantitative estimate of drug-likeness (QED) is 0.902. The van der Waals surface area contributed by atoms with Gasteiger partial charge in [0.25, 0.3) is 0 Å². The minimum absolute atomic E-state index is 0.253. The van der Waals surface area contributed by atoms with E-state index in [-0.39, 0.29) is 17.5 Å². The number of nitrogens with zero attached hydrogens (tertiary/aromatic N) is 1. The van der Waals surface area contributed by atoms with Crippen LogP contribution >= 0.6 is 0 Å². The van der Waals surface area contributed by atoms with Crippen molar-refractivity contribution in [1.29, 1.82) is 0 Å². The van der Waals surface area contributed by atoms with Crippen molar-refractivity contribution >= 4 is 6.09 Å². The zero-order valence-electron chi connectivity index (χ0n) is 11.4. The lowest BCUT2D eigenvalue weighted by atomic mass is 9.95. The lowest BCUT2D eigenvalue weighted by molar-refractivity contribution is 0.0469. The first-order valence-electron chi connectivity index (χ1n) is 7.10. The first-order chi connectivity index (χ1) is 9.67. The van der Waals surface area contributed by atoms with E-state index >= 15 is 0 Å². The molecule has 1 N–H and O–H groups in total. The fourth-order valence-corrected chi connectivity index (χ4v) is 2.99. The molecule has 1 aromatic carbocycles. The molecule has 4 nitrogen and oxygen atoms in total. The molecular weight excluding hydrogens is 259 g/mol. The van der Waals surface area contributed by atoms with Crippen LogP contribution in [0.2, 0.25) is 0 Å². The monoisotopic (exact) mass is 278 g/mol. The second kappa shape index (κ2) is 5.40. The Kier molecular flexibility index (Phi) is 3.61. The standard InChI is InChI=1S/C15H19FN2O2/c16-13-4-2-12(3-5-13)10-18-11-15(20-14(18)19)6-1-8-17-9-7-15/h2-5,17H,1,6-11H2. The highest BCUT2D eigenvalue weighted by Gasteiger charge is 2.44. The van der Waals surface area contributed by atoms with Gasteiger partial charge in [0.2, 0.25) is 0 Å². The second-order valence-corrected chi connectivity index (χ2v) is 5.64. The van der Waals surface area contributed by atoms with Crippen LogP contribution in [0.4, 0.5) is 9.18 Å². The number of rotatable bonds is 2. The SMILES string of the molecule is O=C1OC2(CCCNCC2)CN1Cc1ccc(F)cc1. The molecule has 2 heterocycles. The summed E-state index contributed by atoms with van der Waals surface area (Å²) in [6, 6.07) is 6.26. The van der Waals surface area contributed by atoms with Crippen molar-refractivity contribution in [2.45, 2.75) is 31.4 Å². The van der Waals surface area contributed by atoms with Gasteiger partial charge in [-0.3, -0.25) is 4.90 Å². The van der Waals surface area contributed by atoms with Crippen LogP contribution in [0.15, 0.2) is 24.3 Å². The smallest absolute Gasteiger partial charge is 0.410 e. The summed E-state index contributed by atoms with van der Waals surface area (Å²) in [5.74, 6) is -0.260. The number of hydrogen-bond donors (Lipinski definition) is 1. The molecule has 1 unspecified atom stereocenters. The average molecular weight is 278 g/mol. The second-order valence-electron chi connectivity index (χ2n) is 5.64. The van der Waals surface area contributed by atoms with E-state index in [2.05, 4.69) is 5.32 Å². The summed E-state index contributed by atoms with van der Waals surface area (Å²) in [7, 11) is 0. The third kappa shape index (κ3) is 2.77. The Balaban J connectivity index is 1.68. The fraction of sp³-hybridized carbons (Fsp3) is 0.533. The van der Waals surface area contributed by atoms with Crippen molar-refractivity contribution in [1.82, 2.24) is 10.2 Å². The largest absolute Gasteiger partial charge is 0.441 e. The lowest BCUT2D eigenvalue weighted by Crippen LogP contribution is -2.35. The highest BCUT2D eigenvalue weighted by molar-refractivity contribution is 5.70. The van der Waals surface area contributed by atoms with Gasteiger partial charge < -0.3 is 10.1 Å². The molecule has 5 heteroatoms. The molecule has 2 fully saturated rings. The summed E-state index contributed by atoms with van der Waals surface area (Å²) in [4.78, 5) is 13.8. The lowest BCUT2D eigenvalue weighted by Gasteiger charge is -2.24. The maximum absolute atomic E-state index is 12.9. The molecule has 2 aliphatic heterocycles. The molecule has 0 bridgehead atoms. The summed E-state index contributed by atoms with van der Waals surface area (Å²) in [6.07, 6.45) is 2.54. The van der Waals surface area contributed by atoms with Gasteiger partial charge in [-0.15, -0.1) is 0 Å². The summed E-state index contributed by atoms with van der Waals surface area (Å²) in [6.45, 7) is 2.98. The van der Waals surface area contributed by atoms with Crippen LogP contribution in [0.3, 0.4) is 0 Å². The molecule has 1 aromatic rings. The maximum Gasteiger partial charge on any atom is 0.410 e. The van der Waals surface area contributed by atoms with Crippen LogP contribution in [0.1, 0.15) is 24.8 Å². The fourth-order valence-electron chi connectivity index (χ4n) is 2.99. The summed E-state index contributed by atoms with van der Waals surface area (Å²) in [5.41, 5.74) is 0.591. The molecule has 0 aliphatic carbocycles.